The quantitative estimate of drug-likeness (QED) is 0.532. The maximum absolute atomic E-state index is 11.0. The number of carbonyl (C=O) groups excluding carboxylic acids is 1. The standard InChI is InChI=1S/C12H11N3O3/c1-13-12(18)15-14-9-6-10(16)11(17)8-5-3-2-4-7(8)9/h2-6,16-17H,1H3,(H,13,18). The molecule has 2 rings (SSSR count). The molecule has 0 aliphatic heterocycles. The molecule has 6 heteroatoms. The summed E-state index contributed by atoms with van der Waals surface area (Å²) in [6.45, 7) is 0. The smallest absolute Gasteiger partial charge is 0.359 e. The second-order valence-electron chi connectivity index (χ2n) is 3.56. The monoisotopic (exact) mass is 245 g/mol. The molecule has 0 radical (unpaired) electrons. The van der Waals surface area contributed by atoms with Gasteiger partial charge in [0.25, 0.3) is 0 Å². The van der Waals surface area contributed by atoms with Gasteiger partial charge in [-0.25, -0.2) is 4.79 Å². The van der Waals surface area contributed by atoms with Gasteiger partial charge in [0, 0.05) is 23.9 Å². The average molecular weight is 245 g/mol. The summed E-state index contributed by atoms with van der Waals surface area (Å²) in [6, 6.07) is 7.51. The molecule has 3 N–H and O–H groups in total. The summed E-state index contributed by atoms with van der Waals surface area (Å²) >= 11 is 0. The molecule has 0 aliphatic carbocycles. The molecule has 0 bridgehead atoms. The zero-order valence-electron chi connectivity index (χ0n) is 9.58. The van der Waals surface area contributed by atoms with Crippen molar-refractivity contribution in [1.82, 2.24) is 5.32 Å². The van der Waals surface area contributed by atoms with E-state index in [0.717, 1.165) is 0 Å². The molecule has 0 atom stereocenters. The number of azo groups is 1. The first-order valence-corrected chi connectivity index (χ1v) is 5.20. The lowest BCUT2D eigenvalue weighted by Crippen LogP contribution is -2.11. The van der Waals surface area contributed by atoms with E-state index in [1.165, 1.54) is 13.1 Å². The second-order valence-corrected chi connectivity index (χ2v) is 3.56. The van der Waals surface area contributed by atoms with Crippen LogP contribution in [0.1, 0.15) is 0 Å². The Morgan fingerprint density at radius 1 is 1.22 bits per heavy atom. The van der Waals surface area contributed by atoms with Crippen molar-refractivity contribution in [3.63, 3.8) is 0 Å². The molecule has 0 fully saturated rings. The summed E-state index contributed by atoms with van der Waals surface area (Å²) in [7, 11) is 1.44. The van der Waals surface area contributed by atoms with E-state index < -0.39 is 6.03 Å². The van der Waals surface area contributed by atoms with Crippen molar-refractivity contribution in [2.24, 2.45) is 10.2 Å². The van der Waals surface area contributed by atoms with Gasteiger partial charge in [-0.05, 0) is 0 Å². The van der Waals surface area contributed by atoms with Crippen LogP contribution in [0.15, 0.2) is 40.6 Å². The zero-order chi connectivity index (χ0) is 13.1. The molecule has 18 heavy (non-hydrogen) atoms. The highest BCUT2D eigenvalue weighted by Crippen LogP contribution is 2.39. The molecule has 0 aliphatic rings. The Hall–Kier alpha value is -2.63. The van der Waals surface area contributed by atoms with Gasteiger partial charge in [0.2, 0.25) is 0 Å². The molecule has 6 nitrogen and oxygen atoms in total. The minimum Gasteiger partial charge on any atom is -0.504 e. The van der Waals surface area contributed by atoms with Gasteiger partial charge in [0.05, 0.1) is 5.69 Å². The maximum Gasteiger partial charge on any atom is 0.359 e. The third kappa shape index (κ3) is 2.08. The van der Waals surface area contributed by atoms with E-state index in [0.29, 0.717) is 16.5 Å². The first kappa shape index (κ1) is 11.8. The first-order chi connectivity index (χ1) is 8.63. The third-order valence-corrected chi connectivity index (χ3v) is 2.44. The van der Waals surface area contributed by atoms with Crippen molar-refractivity contribution in [2.45, 2.75) is 0 Å². The number of benzene rings is 2. The number of hydrogen-bond donors (Lipinski definition) is 3. The lowest BCUT2D eigenvalue weighted by molar-refractivity contribution is 0.250. The number of rotatable bonds is 1. The molecular weight excluding hydrogens is 234 g/mol. The number of phenols is 2. The number of carbonyl (C=O) groups is 1. The van der Waals surface area contributed by atoms with Crippen LogP contribution in [0.5, 0.6) is 11.5 Å². The molecule has 2 aromatic carbocycles. The average Bonchev–Trinajstić information content (AvgIpc) is 2.41. The molecule has 2 amide bonds. The van der Waals surface area contributed by atoms with Gasteiger partial charge >= 0.3 is 6.03 Å². The Morgan fingerprint density at radius 2 is 1.89 bits per heavy atom. The third-order valence-electron chi connectivity index (χ3n) is 2.44. The van der Waals surface area contributed by atoms with Gasteiger partial charge in [-0.2, -0.15) is 0 Å². The van der Waals surface area contributed by atoms with Crippen LogP contribution >= 0.6 is 0 Å². The topological polar surface area (TPSA) is 94.3 Å². The highest BCUT2D eigenvalue weighted by atomic mass is 16.3. The van der Waals surface area contributed by atoms with Crippen molar-refractivity contribution in [3.05, 3.63) is 30.3 Å². The fourth-order valence-electron chi connectivity index (χ4n) is 1.56. The van der Waals surface area contributed by atoms with Crippen LogP contribution in [0.4, 0.5) is 10.5 Å². The highest BCUT2D eigenvalue weighted by molar-refractivity contribution is 5.98. The second kappa shape index (κ2) is 4.70. The van der Waals surface area contributed by atoms with E-state index in [2.05, 4.69) is 15.5 Å². The Balaban J connectivity index is 2.61. The molecule has 0 unspecified atom stereocenters. The fourth-order valence-corrected chi connectivity index (χ4v) is 1.56. The number of aromatic hydroxyl groups is 2. The maximum atomic E-state index is 11.0. The van der Waals surface area contributed by atoms with E-state index in [1.54, 1.807) is 24.3 Å². The minimum atomic E-state index is -0.591. The van der Waals surface area contributed by atoms with Crippen molar-refractivity contribution in [3.8, 4) is 11.5 Å². The number of urea groups is 1. The molecule has 0 saturated carbocycles. The minimum absolute atomic E-state index is 0.218. The Morgan fingerprint density at radius 3 is 2.56 bits per heavy atom. The first-order valence-electron chi connectivity index (χ1n) is 5.20. The van der Waals surface area contributed by atoms with E-state index in [4.69, 9.17) is 0 Å². The molecule has 0 saturated heterocycles. The molecule has 0 spiro atoms. The summed E-state index contributed by atoms with van der Waals surface area (Å²) in [5, 5.41) is 29.8. The van der Waals surface area contributed by atoms with Crippen LogP contribution in [-0.2, 0) is 0 Å². The Kier molecular flexibility index (Phi) is 3.09. The number of fused-ring (bicyclic) bond motifs is 1. The number of nitrogens with one attached hydrogen (secondary N) is 1. The largest absolute Gasteiger partial charge is 0.504 e. The fraction of sp³-hybridized carbons (Fsp3) is 0.0833. The summed E-state index contributed by atoms with van der Waals surface area (Å²) < 4.78 is 0. The van der Waals surface area contributed by atoms with Crippen molar-refractivity contribution in [2.75, 3.05) is 7.05 Å². The van der Waals surface area contributed by atoms with E-state index in [-0.39, 0.29) is 11.5 Å². The van der Waals surface area contributed by atoms with Crippen molar-refractivity contribution < 1.29 is 15.0 Å². The molecule has 0 aromatic heterocycles. The van der Waals surface area contributed by atoms with Crippen LogP contribution in [0, 0.1) is 0 Å². The van der Waals surface area contributed by atoms with Gasteiger partial charge in [0.1, 0.15) is 0 Å². The summed E-state index contributed by atoms with van der Waals surface area (Å²) in [5.41, 5.74) is 0.310. The van der Waals surface area contributed by atoms with Crippen molar-refractivity contribution >= 4 is 22.5 Å². The van der Waals surface area contributed by atoms with Crippen molar-refractivity contribution in [1.29, 1.82) is 0 Å². The molecule has 0 heterocycles. The zero-order valence-corrected chi connectivity index (χ0v) is 9.58. The van der Waals surface area contributed by atoms with Gasteiger partial charge in [-0.1, -0.05) is 29.4 Å². The van der Waals surface area contributed by atoms with Gasteiger partial charge in [-0.3, -0.25) is 0 Å². The van der Waals surface area contributed by atoms with E-state index >= 15 is 0 Å². The van der Waals surface area contributed by atoms with Crippen LogP contribution in [0.25, 0.3) is 10.8 Å². The summed E-state index contributed by atoms with van der Waals surface area (Å²) in [4.78, 5) is 11.0. The number of hydrogen-bond acceptors (Lipinski definition) is 4. The van der Waals surface area contributed by atoms with Crippen LogP contribution < -0.4 is 5.32 Å². The number of phenolic OH excluding ortho intramolecular Hbond substituents is 2. The lowest BCUT2D eigenvalue weighted by atomic mass is 10.1. The number of amides is 2. The number of nitrogens with zero attached hydrogens (tertiary/aromatic N) is 2. The molecule has 2 aromatic rings. The molecular formula is C12H11N3O3. The lowest BCUT2D eigenvalue weighted by Gasteiger charge is -2.05. The van der Waals surface area contributed by atoms with Gasteiger partial charge in [-0.15, -0.1) is 5.11 Å². The predicted octanol–water partition coefficient (Wildman–Crippen LogP) is 2.67. The van der Waals surface area contributed by atoms with Gasteiger partial charge < -0.3 is 15.5 Å². The predicted molar refractivity (Wildman–Crippen MR) is 66.2 cm³/mol. The summed E-state index contributed by atoms with van der Waals surface area (Å²) in [5.74, 6) is -0.524. The SMILES string of the molecule is CNC(=O)N=Nc1cc(O)c(O)c2ccccc12. The Bertz CT molecular complexity index is 638. The highest BCUT2D eigenvalue weighted by Gasteiger charge is 2.10. The normalized spacial score (nSPS) is 10.9. The van der Waals surface area contributed by atoms with E-state index in [1.807, 2.05) is 0 Å². The Labute approximate surface area is 103 Å². The van der Waals surface area contributed by atoms with Crippen LogP contribution in [-0.4, -0.2) is 23.3 Å². The van der Waals surface area contributed by atoms with Gasteiger partial charge in [0.15, 0.2) is 11.5 Å². The van der Waals surface area contributed by atoms with Crippen LogP contribution in [0.3, 0.4) is 0 Å². The molecule has 92 valence electrons. The van der Waals surface area contributed by atoms with Crippen LogP contribution in [0.2, 0.25) is 0 Å². The summed E-state index contributed by atoms with van der Waals surface area (Å²) in [6.07, 6.45) is 0. The van der Waals surface area contributed by atoms with E-state index in [9.17, 15) is 15.0 Å².